The van der Waals surface area contributed by atoms with Gasteiger partial charge in [0.2, 0.25) is 0 Å². The van der Waals surface area contributed by atoms with Crippen molar-refractivity contribution in [2.75, 3.05) is 5.75 Å². The topological polar surface area (TPSA) is 77.7 Å². The van der Waals surface area contributed by atoms with E-state index in [2.05, 4.69) is 15.2 Å². The first-order valence-electron chi connectivity index (χ1n) is 8.15. The third-order valence-electron chi connectivity index (χ3n) is 4.35. The quantitative estimate of drug-likeness (QED) is 0.494. The van der Waals surface area contributed by atoms with Crippen LogP contribution in [0.1, 0.15) is 12.6 Å². The summed E-state index contributed by atoms with van der Waals surface area (Å²) in [5.41, 5.74) is -1.01. The second-order valence-corrected chi connectivity index (χ2v) is 9.36. The van der Waals surface area contributed by atoms with E-state index in [-0.39, 0.29) is 27.6 Å². The number of aromatic nitrogens is 4. The molecule has 146 valence electrons. The van der Waals surface area contributed by atoms with Crippen LogP contribution in [0.5, 0.6) is 0 Å². The number of fused-ring (bicyclic) bond motifs is 2. The standard InChI is InChI=1S/C17H13F3N4O2S2/c1-3-28(25,26)14-9-6-4-5-7-11(9)27-13(14)16-21-10-8-12(17(18,19)20)22-23-15(10)24(16)2/h4-8H,3H2,1-2H3. The van der Waals surface area contributed by atoms with Gasteiger partial charge in [-0.1, -0.05) is 25.1 Å². The lowest BCUT2D eigenvalue weighted by molar-refractivity contribution is -0.141. The van der Waals surface area contributed by atoms with E-state index < -0.39 is 21.7 Å². The number of halogens is 3. The van der Waals surface area contributed by atoms with Crippen molar-refractivity contribution < 1.29 is 21.6 Å². The van der Waals surface area contributed by atoms with Gasteiger partial charge in [-0.05, 0) is 6.07 Å². The van der Waals surface area contributed by atoms with Gasteiger partial charge in [0.05, 0.1) is 15.5 Å². The summed E-state index contributed by atoms with van der Waals surface area (Å²) in [7, 11) is -2.04. The van der Waals surface area contributed by atoms with Crippen LogP contribution in [0.4, 0.5) is 13.2 Å². The van der Waals surface area contributed by atoms with Crippen molar-refractivity contribution in [3.63, 3.8) is 0 Å². The highest BCUT2D eigenvalue weighted by Gasteiger charge is 2.34. The Morgan fingerprint density at radius 3 is 2.57 bits per heavy atom. The second-order valence-electron chi connectivity index (χ2n) is 6.09. The summed E-state index contributed by atoms with van der Waals surface area (Å²) in [6, 6.07) is 7.85. The third kappa shape index (κ3) is 2.85. The maximum absolute atomic E-state index is 12.9. The first-order valence-corrected chi connectivity index (χ1v) is 10.6. The van der Waals surface area contributed by atoms with Crippen LogP contribution in [0.25, 0.3) is 32.0 Å². The lowest BCUT2D eigenvalue weighted by Crippen LogP contribution is -2.09. The van der Waals surface area contributed by atoms with E-state index in [4.69, 9.17) is 0 Å². The Kier molecular flexibility index (Phi) is 4.19. The molecule has 0 fully saturated rings. The molecule has 4 aromatic rings. The molecular weight excluding hydrogens is 413 g/mol. The number of nitrogens with zero attached hydrogens (tertiary/aromatic N) is 4. The van der Waals surface area contributed by atoms with Crippen molar-refractivity contribution in [1.29, 1.82) is 0 Å². The normalized spacial score (nSPS) is 12.9. The summed E-state index contributed by atoms with van der Waals surface area (Å²) in [6.07, 6.45) is -4.65. The fourth-order valence-electron chi connectivity index (χ4n) is 2.95. The molecule has 0 spiro atoms. The molecule has 0 unspecified atom stereocenters. The van der Waals surface area contributed by atoms with Crippen LogP contribution in [0, 0.1) is 0 Å². The maximum Gasteiger partial charge on any atom is 0.435 e. The summed E-state index contributed by atoms with van der Waals surface area (Å²) in [4.78, 5) is 4.78. The first-order chi connectivity index (χ1) is 13.1. The number of rotatable bonds is 3. The highest BCUT2D eigenvalue weighted by Crippen LogP contribution is 2.42. The zero-order valence-corrected chi connectivity index (χ0v) is 16.3. The van der Waals surface area contributed by atoms with E-state index in [9.17, 15) is 21.6 Å². The molecule has 0 amide bonds. The van der Waals surface area contributed by atoms with Gasteiger partial charge in [0.25, 0.3) is 0 Å². The molecule has 0 aliphatic carbocycles. The fraction of sp³-hybridized carbons (Fsp3) is 0.235. The van der Waals surface area contributed by atoms with Crippen molar-refractivity contribution in [3.8, 4) is 10.7 Å². The minimum Gasteiger partial charge on any atom is -0.310 e. The van der Waals surface area contributed by atoms with Crippen LogP contribution in [0.2, 0.25) is 0 Å². The molecule has 28 heavy (non-hydrogen) atoms. The summed E-state index contributed by atoms with van der Waals surface area (Å²) >= 11 is 1.23. The number of sulfone groups is 1. The molecule has 0 saturated carbocycles. The molecule has 1 aromatic carbocycles. The molecule has 0 aliphatic heterocycles. The Balaban J connectivity index is 2.04. The minimum absolute atomic E-state index is 0.00266. The van der Waals surface area contributed by atoms with E-state index in [0.29, 0.717) is 10.3 Å². The van der Waals surface area contributed by atoms with Gasteiger partial charge in [0.15, 0.2) is 27.0 Å². The summed E-state index contributed by atoms with van der Waals surface area (Å²) in [5, 5.41) is 7.44. The van der Waals surface area contributed by atoms with Gasteiger partial charge in [0.1, 0.15) is 5.52 Å². The lowest BCUT2D eigenvalue weighted by Gasteiger charge is -2.05. The number of benzene rings is 1. The smallest absolute Gasteiger partial charge is 0.310 e. The average molecular weight is 426 g/mol. The van der Waals surface area contributed by atoms with Gasteiger partial charge in [0, 0.05) is 23.2 Å². The van der Waals surface area contributed by atoms with Gasteiger partial charge >= 0.3 is 6.18 Å². The first kappa shape index (κ1) is 18.8. The summed E-state index contributed by atoms with van der Waals surface area (Å²) in [5.74, 6) is 0.125. The lowest BCUT2D eigenvalue weighted by atomic mass is 10.2. The van der Waals surface area contributed by atoms with E-state index in [1.165, 1.54) is 15.9 Å². The molecule has 0 saturated heterocycles. The molecular formula is C17H13F3N4O2S2. The van der Waals surface area contributed by atoms with Gasteiger partial charge < -0.3 is 4.57 Å². The minimum atomic E-state index is -4.65. The van der Waals surface area contributed by atoms with Crippen molar-refractivity contribution in [2.24, 2.45) is 7.05 Å². The van der Waals surface area contributed by atoms with Gasteiger partial charge in [-0.15, -0.1) is 21.5 Å². The molecule has 0 aliphatic rings. The molecule has 3 heterocycles. The van der Waals surface area contributed by atoms with Crippen molar-refractivity contribution in [1.82, 2.24) is 19.7 Å². The van der Waals surface area contributed by atoms with Crippen LogP contribution in [-0.2, 0) is 23.1 Å². The number of hydrogen-bond acceptors (Lipinski definition) is 6. The fourth-order valence-corrected chi connectivity index (χ4v) is 5.82. The van der Waals surface area contributed by atoms with E-state index in [1.54, 1.807) is 38.2 Å². The molecule has 3 aromatic heterocycles. The number of imidazole rings is 1. The number of alkyl halides is 3. The Morgan fingerprint density at radius 1 is 1.18 bits per heavy atom. The van der Waals surface area contributed by atoms with Crippen molar-refractivity contribution in [3.05, 3.63) is 36.0 Å². The average Bonchev–Trinajstić information content (AvgIpc) is 3.19. The zero-order valence-electron chi connectivity index (χ0n) is 14.6. The Bertz CT molecular complexity index is 1320. The summed E-state index contributed by atoms with van der Waals surface area (Å²) in [6.45, 7) is 1.54. The predicted octanol–water partition coefficient (Wildman–Crippen LogP) is 4.06. The van der Waals surface area contributed by atoms with Gasteiger partial charge in [-0.3, -0.25) is 0 Å². The molecule has 0 bridgehead atoms. The van der Waals surface area contributed by atoms with Crippen LogP contribution >= 0.6 is 11.3 Å². The molecule has 0 radical (unpaired) electrons. The Morgan fingerprint density at radius 2 is 1.89 bits per heavy atom. The van der Waals surface area contributed by atoms with E-state index in [1.807, 2.05) is 0 Å². The molecule has 6 nitrogen and oxygen atoms in total. The predicted molar refractivity (Wildman–Crippen MR) is 99.9 cm³/mol. The molecule has 0 N–H and O–H groups in total. The number of aryl methyl sites for hydroxylation is 1. The third-order valence-corrected chi connectivity index (χ3v) is 7.45. The van der Waals surface area contributed by atoms with Crippen LogP contribution in [0.3, 0.4) is 0 Å². The number of thiophene rings is 1. The number of hydrogen-bond donors (Lipinski definition) is 0. The van der Waals surface area contributed by atoms with Gasteiger partial charge in [-0.25, -0.2) is 13.4 Å². The van der Waals surface area contributed by atoms with Crippen LogP contribution in [-0.4, -0.2) is 33.9 Å². The van der Waals surface area contributed by atoms with Crippen molar-refractivity contribution >= 4 is 42.4 Å². The zero-order chi connectivity index (χ0) is 20.3. The SMILES string of the molecule is CCS(=O)(=O)c1c(-c2nc3cc(C(F)(F)F)nnc3n2C)sc2ccccc12. The largest absolute Gasteiger partial charge is 0.435 e. The highest BCUT2D eigenvalue weighted by molar-refractivity contribution is 7.92. The van der Waals surface area contributed by atoms with Crippen LogP contribution < -0.4 is 0 Å². The molecule has 4 rings (SSSR count). The van der Waals surface area contributed by atoms with E-state index in [0.717, 1.165) is 10.8 Å². The van der Waals surface area contributed by atoms with Gasteiger partial charge in [-0.2, -0.15) is 13.2 Å². The summed E-state index contributed by atoms with van der Waals surface area (Å²) < 4.78 is 66.6. The second kappa shape index (κ2) is 6.24. The maximum atomic E-state index is 12.9. The molecule has 11 heteroatoms. The van der Waals surface area contributed by atoms with Crippen molar-refractivity contribution in [2.45, 2.75) is 18.0 Å². The monoisotopic (exact) mass is 426 g/mol. The highest BCUT2D eigenvalue weighted by atomic mass is 32.2. The van der Waals surface area contributed by atoms with E-state index >= 15 is 0 Å². The Hall–Kier alpha value is -2.53. The Labute approximate surface area is 161 Å². The molecule has 0 atom stereocenters. The van der Waals surface area contributed by atoms with Crippen LogP contribution in [0.15, 0.2) is 35.2 Å².